The summed E-state index contributed by atoms with van der Waals surface area (Å²) in [6.07, 6.45) is 0. The molecular formula is C54H32N2S2. The van der Waals surface area contributed by atoms with Gasteiger partial charge in [0.15, 0.2) is 0 Å². The van der Waals surface area contributed by atoms with Crippen molar-refractivity contribution in [3.05, 3.63) is 194 Å². The Morgan fingerprint density at radius 3 is 1.45 bits per heavy atom. The van der Waals surface area contributed by atoms with Crippen LogP contribution >= 0.6 is 22.7 Å². The van der Waals surface area contributed by atoms with Crippen molar-refractivity contribution in [2.45, 2.75) is 0 Å². The Kier molecular flexibility index (Phi) is 6.79. The van der Waals surface area contributed by atoms with Crippen molar-refractivity contribution in [3.63, 3.8) is 0 Å². The molecule has 58 heavy (non-hydrogen) atoms. The van der Waals surface area contributed by atoms with Crippen molar-refractivity contribution >= 4 is 107 Å². The second-order valence-corrected chi connectivity index (χ2v) is 17.4. The lowest BCUT2D eigenvalue weighted by Crippen LogP contribution is -1.93. The van der Waals surface area contributed by atoms with Gasteiger partial charge >= 0.3 is 0 Å². The number of fused-ring (bicyclic) bond motifs is 12. The van der Waals surface area contributed by atoms with Crippen LogP contribution < -0.4 is 0 Å². The smallest absolute Gasteiger partial charge is 0.0547 e. The predicted octanol–water partition coefficient (Wildman–Crippen LogP) is 16.0. The number of para-hydroxylation sites is 1. The molecule has 0 unspecified atom stereocenters. The van der Waals surface area contributed by atoms with Crippen molar-refractivity contribution in [1.82, 2.24) is 9.13 Å². The van der Waals surface area contributed by atoms with Crippen molar-refractivity contribution in [3.8, 4) is 33.6 Å². The Morgan fingerprint density at radius 2 is 0.776 bits per heavy atom. The largest absolute Gasteiger partial charge is 0.309 e. The number of thiophene rings is 2. The first-order valence-corrected chi connectivity index (χ1v) is 21.4. The summed E-state index contributed by atoms with van der Waals surface area (Å²) in [5.41, 5.74) is 12.1. The van der Waals surface area contributed by atoms with Gasteiger partial charge in [-0.25, -0.2) is 0 Å². The summed E-state index contributed by atoms with van der Waals surface area (Å²) in [5.74, 6) is 0. The van der Waals surface area contributed by atoms with E-state index in [1.807, 2.05) is 22.7 Å². The topological polar surface area (TPSA) is 9.86 Å². The van der Waals surface area contributed by atoms with Gasteiger partial charge in [0.1, 0.15) is 0 Å². The van der Waals surface area contributed by atoms with E-state index in [4.69, 9.17) is 0 Å². The lowest BCUT2D eigenvalue weighted by atomic mass is 9.97. The third kappa shape index (κ3) is 4.64. The number of rotatable bonds is 4. The Labute approximate surface area is 341 Å². The second kappa shape index (κ2) is 12.3. The van der Waals surface area contributed by atoms with E-state index in [-0.39, 0.29) is 0 Å². The first-order valence-electron chi connectivity index (χ1n) is 19.7. The van der Waals surface area contributed by atoms with Gasteiger partial charge in [-0.3, -0.25) is 0 Å². The summed E-state index contributed by atoms with van der Waals surface area (Å²) in [6.45, 7) is 0. The van der Waals surface area contributed by atoms with E-state index in [2.05, 4.69) is 203 Å². The van der Waals surface area contributed by atoms with Crippen molar-refractivity contribution in [2.24, 2.45) is 0 Å². The number of hydrogen-bond acceptors (Lipinski definition) is 2. The molecule has 0 saturated heterocycles. The molecule has 0 amide bonds. The molecule has 0 aliphatic rings. The van der Waals surface area contributed by atoms with E-state index in [1.165, 1.54) is 118 Å². The van der Waals surface area contributed by atoms with Crippen LogP contribution in [0.1, 0.15) is 0 Å². The molecular weight excluding hydrogens is 741 g/mol. The zero-order chi connectivity index (χ0) is 37.9. The molecule has 13 rings (SSSR count). The Balaban J connectivity index is 1.02. The number of nitrogens with zero attached hydrogens (tertiary/aromatic N) is 2. The van der Waals surface area contributed by atoms with E-state index in [0.29, 0.717) is 0 Å². The Morgan fingerprint density at radius 1 is 0.276 bits per heavy atom. The minimum atomic E-state index is 1.18. The molecule has 0 radical (unpaired) electrons. The van der Waals surface area contributed by atoms with Crippen LogP contribution in [0.25, 0.3) is 118 Å². The van der Waals surface area contributed by atoms with Crippen molar-refractivity contribution in [1.29, 1.82) is 0 Å². The number of hydrogen-bond donors (Lipinski definition) is 0. The fourth-order valence-corrected chi connectivity index (χ4v) is 11.8. The molecule has 0 aliphatic carbocycles. The molecule has 0 saturated carbocycles. The zero-order valence-corrected chi connectivity index (χ0v) is 32.8. The van der Waals surface area contributed by atoms with E-state index in [0.717, 1.165) is 0 Å². The molecule has 9 aromatic carbocycles. The third-order valence-corrected chi connectivity index (χ3v) is 14.4. The minimum absolute atomic E-state index is 1.18. The van der Waals surface area contributed by atoms with Gasteiger partial charge in [0, 0.05) is 73.3 Å². The molecule has 4 heterocycles. The second-order valence-electron chi connectivity index (χ2n) is 15.3. The van der Waals surface area contributed by atoms with Crippen molar-refractivity contribution < 1.29 is 0 Å². The van der Waals surface area contributed by atoms with Crippen molar-refractivity contribution in [2.75, 3.05) is 0 Å². The van der Waals surface area contributed by atoms with Gasteiger partial charge in [0.25, 0.3) is 0 Å². The molecule has 4 aromatic heterocycles. The van der Waals surface area contributed by atoms with E-state index in [9.17, 15) is 0 Å². The van der Waals surface area contributed by atoms with E-state index >= 15 is 0 Å². The number of benzene rings is 9. The molecule has 2 nitrogen and oxygen atoms in total. The Bertz CT molecular complexity index is 3800. The molecule has 0 N–H and O–H groups in total. The SMILES string of the molecule is c1ccc(-c2cccc3c2c2cc(-c4ccc5c(c4)c4ccccc4n5-c4ccc5c(c4)sc4ccccc45)ccc2n3-c2ccc3c(c2)sc2ccccc23)cc1. The molecule has 0 atom stereocenters. The fraction of sp³-hybridized carbons (Fsp3) is 0. The first kappa shape index (κ1) is 32.1. The van der Waals surface area contributed by atoms with Gasteiger partial charge in [-0.2, -0.15) is 0 Å². The van der Waals surface area contributed by atoms with Crippen LogP contribution in [0.4, 0.5) is 0 Å². The molecule has 0 aliphatic heterocycles. The van der Waals surface area contributed by atoms with Gasteiger partial charge in [0.2, 0.25) is 0 Å². The summed E-state index contributed by atoms with van der Waals surface area (Å²) in [6, 6.07) is 72.0. The highest BCUT2D eigenvalue weighted by Crippen LogP contribution is 2.43. The summed E-state index contributed by atoms with van der Waals surface area (Å²) >= 11 is 3.74. The van der Waals surface area contributed by atoms with Gasteiger partial charge in [0.05, 0.1) is 22.1 Å². The van der Waals surface area contributed by atoms with Gasteiger partial charge in [-0.15, -0.1) is 22.7 Å². The minimum Gasteiger partial charge on any atom is -0.309 e. The zero-order valence-electron chi connectivity index (χ0n) is 31.2. The Hall–Kier alpha value is -6.98. The fourth-order valence-electron chi connectivity index (χ4n) is 9.52. The number of aromatic nitrogens is 2. The third-order valence-electron chi connectivity index (χ3n) is 12.1. The summed E-state index contributed by atoms with van der Waals surface area (Å²) < 4.78 is 10.2. The average Bonchev–Trinajstić information content (AvgIpc) is 4.03. The predicted molar refractivity (Wildman–Crippen MR) is 252 cm³/mol. The van der Waals surface area contributed by atoms with Crippen LogP contribution in [0, 0.1) is 0 Å². The lowest BCUT2D eigenvalue weighted by Gasteiger charge is -2.10. The maximum Gasteiger partial charge on any atom is 0.0547 e. The molecule has 4 heteroatoms. The highest BCUT2D eigenvalue weighted by atomic mass is 32.1. The van der Waals surface area contributed by atoms with Crippen LogP contribution in [-0.2, 0) is 0 Å². The standard InChI is InChI=1S/C54H32N2S2/c1-2-11-33(12-3-1)38-16-10-18-49-54(38)45-30-35(22-28-48(45)56(49)37-24-26-43-41-15-6-9-20-51(41)58-53(43)32-37)34-21-27-47-44(29-34)39-13-4-7-17-46(39)55(47)36-23-25-42-40-14-5-8-19-50(40)57-52(42)31-36/h1-32H. The molecule has 0 bridgehead atoms. The van der Waals surface area contributed by atoms with E-state index in [1.54, 1.807) is 0 Å². The van der Waals surface area contributed by atoms with Crippen LogP contribution in [0.3, 0.4) is 0 Å². The lowest BCUT2D eigenvalue weighted by molar-refractivity contribution is 1.19. The van der Waals surface area contributed by atoms with E-state index < -0.39 is 0 Å². The maximum absolute atomic E-state index is 2.47. The normalized spacial score (nSPS) is 12.1. The summed E-state index contributed by atoms with van der Waals surface area (Å²) in [7, 11) is 0. The molecule has 0 spiro atoms. The highest BCUT2D eigenvalue weighted by molar-refractivity contribution is 7.26. The van der Waals surface area contributed by atoms with Crippen LogP contribution in [0.2, 0.25) is 0 Å². The van der Waals surface area contributed by atoms with Gasteiger partial charge < -0.3 is 9.13 Å². The highest BCUT2D eigenvalue weighted by Gasteiger charge is 2.19. The van der Waals surface area contributed by atoms with Crippen LogP contribution in [0.15, 0.2) is 194 Å². The molecule has 0 fully saturated rings. The summed E-state index contributed by atoms with van der Waals surface area (Å²) in [4.78, 5) is 0. The monoisotopic (exact) mass is 772 g/mol. The quantitative estimate of drug-likeness (QED) is 0.169. The molecule has 270 valence electrons. The van der Waals surface area contributed by atoms with Crippen LogP contribution in [-0.4, -0.2) is 9.13 Å². The summed E-state index contributed by atoms with van der Waals surface area (Å²) in [5, 5.41) is 10.3. The molecule has 13 aromatic rings. The maximum atomic E-state index is 2.47. The van der Waals surface area contributed by atoms with Crippen LogP contribution in [0.5, 0.6) is 0 Å². The average molecular weight is 773 g/mol. The first-order chi connectivity index (χ1) is 28.7. The van der Waals surface area contributed by atoms with Gasteiger partial charge in [-0.05, 0) is 95.1 Å². The van der Waals surface area contributed by atoms with Gasteiger partial charge in [-0.1, -0.05) is 121 Å².